The van der Waals surface area contributed by atoms with E-state index in [2.05, 4.69) is 16.0 Å². The van der Waals surface area contributed by atoms with Crippen LogP contribution < -0.4 is 27.2 Å². The first-order chi connectivity index (χ1) is 19.5. The average Bonchev–Trinajstić information content (AvgIpc) is 3.24. The van der Waals surface area contributed by atoms with Crippen LogP contribution in [0.4, 0.5) is 5.69 Å². The molecule has 216 valence electrons. The van der Waals surface area contributed by atoms with Crippen molar-refractivity contribution >= 4 is 23.4 Å². The summed E-state index contributed by atoms with van der Waals surface area (Å²) in [7, 11) is 0. The van der Waals surface area contributed by atoms with Crippen LogP contribution in [0, 0.1) is 13.8 Å². The minimum atomic E-state index is -1.75. The van der Waals surface area contributed by atoms with Crippen molar-refractivity contribution in [3.8, 4) is 0 Å². The van der Waals surface area contributed by atoms with E-state index in [1.807, 2.05) is 24.9 Å². The molecule has 5 atom stereocenters. The number of aliphatic hydroxyl groups is 2. The number of nitrogens with zero attached hydrogens (tertiary/aromatic N) is 1. The molecule has 6 N–H and O–H groups in total. The Hall–Kier alpha value is -4.59. The minimum Gasteiger partial charge on any atom is -0.387 e. The summed E-state index contributed by atoms with van der Waals surface area (Å²) < 4.78 is 6.34. The number of H-pyrrole nitrogens is 1. The Morgan fingerprint density at radius 3 is 2.44 bits per heavy atom. The Balaban J connectivity index is 1.45. The highest BCUT2D eigenvalue weighted by molar-refractivity contribution is 5.97. The number of rotatable bonds is 9. The third-order valence-corrected chi connectivity index (χ3v) is 6.84. The van der Waals surface area contributed by atoms with Gasteiger partial charge >= 0.3 is 5.69 Å². The van der Waals surface area contributed by atoms with E-state index in [1.54, 1.807) is 42.5 Å². The molecule has 1 saturated heterocycles. The number of aryl methyl sites for hydroxylation is 1. The Morgan fingerprint density at radius 2 is 1.73 bits per heavy atom. The van der Waals surface area contributed by atoms with Gasteiger partial charge in [0, 0.05) is 24.4 Å². The highest BCUT2D eigenvalue weighted by Crippen LogP contribution is 2.28. The van der Waals surface area contributed by atoms with Crippen molar-refractivity contribution in [1.82, 2.24) is 20.2 Å². The average molecular weight is 566 g/mol. The topological polar surface area (TPSA) is 192 Å². The van der Waals surface area contributed by atoms with Crippen molar-refractivity contribution in [2.45, 2.75) is 50.8 Å². The fraction of sp³-hybridized carbons (Fsp3) is 0.321. The zero-order chi connectivity index (χ0) is 29.7. The number of benzene rings is 2. The Labute approximate surface area is 234 Å². The molecule has 0 saturated carbocycles. The highest BCUT2D eigenvalue weighted by atomic mass is 16.6. The van der Waals surface area contributed by atoms with Gasteiger partial charge in [0.15, 0.2) is 12.3 Å². The van der Waals surface area contributed by atoms with Gasteiger partial charge in [0.05, 0.1) is 6.54 Å². The summed E-state index contributed by atoms with van der Waals surface area (Å²) in [5, 5.41) is 28.8. The van der Waals surface area contributed by atoms with E-state index >= 15 is 0 Å². The third kappa shape index (κ3) is 6.95. The molecule has 1 aliphatic rings. The number of amides is 3. The van der Waals surface area contributed by atoms with Gasteiger partial charge in [-0.05, 0) is 36.6 Å². The van der Waals surface area contributed by atoms with Crippen molar-refractivity contribution in [1.29, 1.82) is 0 Å². The number of nitrogens with one attached hydrogen (secondary N) is 4. The fourth-order valence-electron chi connectivity index (χ4n) is 4.42. The first-order valence-electron chi connectivity index (χ1n) is 12.9. The molecule has 3 aromatic rings. The van der Waals surface area contributed by atoms with Gasteiger partial charge in [0.2, 0.25) is 11.8 Å². The predicted octanol–water partition coefficient (Wildman–Crippen LogP) is -0.745. The molecule has 4 rings (SSSR count). The summed E-state index contributed by atoms with van der Waals surface area (Å²) >= 11 is 0. The van der Waals surface area contributed by atoms with Gasteiger partial charge in [-0.15, -0.1) is 0 Å². The lowest BCUT2D eigenvalue weighted by Gasteiger charge is -2.22. The molecule has 41 heavy (non-hydrogen) atoms. The van der Waals surface area contributed by atoms with E-state index in [0.717, 1.165) is 28.0 Å². The van der Waals surface area contributed by atoms with Gasteiger partial charge < -0.3 is 30.9 Å². The van der Waals surface area contributed by atoms with Crippen LogP contribution in [0.1, 0.15) is 22.9 Å². The van der Waals surface area contributed by atoms with Crippen LogP contribution in [-0.2, 0) is 25.5 Å². The largest absolute Gasteiger partial charge is 0.387 e. The molecular formula is C28H31N5O8. The van der Waals surface area contributed by atoms with E-state index in [1.165, 1.54) is 0 Å². The summed E-state index contributed by atoms with van der Waals surface area (Å²) in [6.45, 7) is 3.41. The molecule has 2 aromatic carbocycles. The van der Waals surface area contributed by atoms with E-state index in [0.29, 0.717) is 11.3 Å². The van der Waals surface area contributed by atoms with Gasteiger partial charge in [-0.25, -0.2) is 4.79 Å². The van der Waals surface area contributed by atoms with Crippen LogP contribution in [0.15, 0.2) is 70.4 Å². The molecule has 1 aromatic heterocycles. The van der Waals surface area contributed by atoms with Gasteiger partial charge in [-0.1, -0.05) is 42.5 Å². The van der Waals surface area contributed by atoms with E-state index in [4.69, 9.17) is 4.74 Å². The zero-order valence-corrected chi connectivity index (χ0v) is 22.4. The van der Waals surface area contributed by atoms with Crippen LogP contribution in [0.25, 0.3) is 0 Å². The number of aliphatic hydroxyl groups excluding tert-OH is 2. The lowest BCUT2D eigenvalue weighted by atomic mass is 10.0. The van der Waals surface area contributed by atoms with Crippen LogP contribution in [0.3, 0.4) is 0 Å². The number of aromatic amines is 1. The van der Waals surface area contributed by atoms with Crippen LogP contribution in [0.2, 0.25) is 0 Å². The summed E-state index contributed by atoms with van der Waals surface area (Å²) in [4.78, 5) is 64.4. The Bertz CT molecular complexity index is 1540. The predicted molar refractivity (Wildman–Crippen MR) is 147 cm³/mol. The molecule has 0 bridgehead atoms. The van der Waals surface area contributed by atoms with Crippen molar-refractivity contribution in [2.24, 2.45) is 0 Å². The molecule has 13 nitrogen and oxygen atoms in total. The maximum atomic E-state index is 13.2. The maximum absolute atomic E-state index is 13.2. The van der Waals surface area contributed by atoms with Gasteiger partial charge in [0.25, 0.3) is 11.5 Å². The van der Waals surface area contributed by atoms with Crippen LogP contribution >= 0.6 is 0 Å². The molecule has 0 spiro atoms. The Morgan fingerprint density at radius 1 is 1.00 bits per heavy atom. The minimum absolute atomic E-state index is 0.0468. The van der Waals surface area contributed by atoms with Gasteiger partial charge in [0.1, 0.15) is 18.2 Å². The summed E-state index contributed by atoms with van der Waals surface area (Å²) in [5.41, 5.74) is 1.62. The lowest BCUT2D eigenvalue weighted by Crippen LogP contribution is -2.53. The van der Waals surface area contributed by atoms with Crippen molar-refractivity contribution in [2.75, 3.05) is 11.9 Å². The lowest BCUT2D eigenvalue weighted by molar-refractivity contribution is -0.141. The maximum Gasteiger partial charge on any atom is 0.330 e. The first kappa shape index (κ1) is 29.4. The molecule has 0 unspecified atom stereocenters. The number of hydrogen-bond donors (Lipinski definition) is 6. The monoisotopic (exact) mass is 565 g/mol. The SMILES string of the molecule is Cc1cccc(NC(=O)CNC(=O)[C@@H](Cc2ccccc2)NC(=O)[C@H]2O[C@@H](n3ccc(=O)[nH]c3=O)[C@H](O)[C@@H]2O)c1C. The number of carbonyl (C=O) groups is 3. The van der Waals surface area contributed by atoms with Crippen molar-refractivity contribution in [3.05, 3.63) is 98.3 Å². The number of aromatic nitrogens is 2. The molecule has 13 heteroatoms. The number of anilines is 1. The third-order valence-electron chi connectivity index (χ3n) is 6.84. The Kier molecular flexibility index (Phi) is 9.12. The number of hydrogen-bond acceptors (Lipinski definition) is 8. The van der Waals surface area contributed by atoms with Gasteiger partial charge in [-0.3, -0.25) is 28.7 Å². The van der Waals surface area contributed by atoms with Crippen LogP contribution in [-0.4, -0.2) is 68.4 Å². The van der Waals surface area contributed by atoms with E-state index in [9.17, 15) is 34.2 Å². The molecular weight excluding hydrogens is 534 g/mol. The molecule has 1 aliphatic heterocycles. The smallest absolute Gasteiger partial charge is 0.330 e. The quantitative estimate of drug-likeness (QED) is 0.195. The molecule has 0 radical (unpaired) electrons. The highest BCUT2D eigenvalue weighted by Gasteiger charge is 2.48. The zero-order valence-electron chi connectivity index (χ0n) is 22.4. The number of ether oxygens (including phenoxy) is 1. The number of carbonyl (C=O) groups excluding carboxylic acids is 3. The summed E-state index contributed by atoms with van der Waals surface area (Å²) in [6.07, 6.45) is -5.44. The fourth-order valence-corrected chi connectivity index (χ4v) is 4.42. The summed E-state index contributed by atoms with van der Waals surface area (Å²) in [5.74, 6) is -2.06. The molecule has 2 heterocycles. The first-order valence-corrected chi connectivity index (χ1v) is 12.9. The van der Waals surface area contributed by atoms with Crippen molar-refractivity contribution in [3.63, 3.8) is 0 Å². The second-order valence-electron chi connectivity index (χ2n) is 9.71. The van der Waals surface area contributed by atoms with Crippen molar-refractivity contribution < 1.29 is 29.3 Å². The summed E-state index contributed by atoms with van der Waals surface area (Å²) in [6, 6.07) is 14.1. The standard InChI is InChI=1S/C28H31N5O8/c1-15-7-6-10-18(16(15)2)30-21(35)14-29-25(38)19(13-17-8-4-3-5-9-17)31-26(39)24-22(36)23(37)27(41-24)33-12-11-20(34)32-28(33)40/h3-12,19,22-24,27,36-37H,13-14H2,1-2H3,(H,29,38)(H,30,35)(H,31,39)(H,32,34,40)/t19-,22+,23-,24+,27-/m1/s1. The normalized spacial score (nSPS) is 20.7. The molecule has 1 fully saturated rings. The molecule has 0 aliphatic carbocycles. The molecule has 3 amide bonds. The van der Waals surface area contributed by atoms with Gasteiger partial charge in [-0.2, -0.15) is 0 Å². The second kappa shape index (κ2) is 12.7. The second-order valence-corrected chi connectivity index (χ2v) is 9.71. The van der Waals surface area contributed by atoms with E-state index < -0.39 is 59.6 Å². The van der Waals surface area contributed by atoms with Crippen LogP contribution in [0.5, 0.6) is 0 Å². The van der Waals surface area contributed by atoms with E-state index in [-0.39, 0.29) is 13.0 Å².